The van der Waals surface area contributed by atoms with Crippen LogP contribution in [0.2, 0.25) is 0 Å². The second kappa shape index (κ2) is 6.78. The van der Waals surface area contributed by atoms with Gasteiger partial charge in [0.2, 0.25) is 0 Å². The fraction of sp³-hybridized carbons (Fsp3) is 0.818. The van der Waals surface area contributed by atoms with E-state index in [1.54, 1.807) is 0 Å². The number of ether oxygens (including phenoxy) is 1. The number of carbonyl (C=O) groups is 2. The van der Waals surface area contributed by atoms with Gasteiger partial charge in [0.05, 0.1) is 18.4 Å². The van der Waals surface area contributed by atoms with Gasteiger partial charge in [0.1, 0.15) is 0 Å². The molecule has 2 unspecified atom stereocenters. The van der Waals surface area contributed by atoms with Crippen molar-refractivity contribution in [2.24, 2.45) is 11.8 Å². The average Bonchev–Trinajstić information content (AvgIpc) is 2.29. The third-order valence-corrected chi connectivity index (χ3v) is 3.25. The van der Waals surface area contributed by atoms with E-state index in [1.807, 2.05) is 0 Å². The van der Waals surface area contributed by atoms with Crippen LogP contribution in [0.25, 0.3) is 0 Å². The summed E-state index contributed by atoms with van der Waals surface area (Å²) < 4.78 is 5.05. The van der Waals surface area contributed by atoms with E-state index >= 15 is 0 Å². The first kappa shape index (κ1) is 13.4. The highest BCUT2D eigenvalue weighted by Crippen LogP contribution is 2.31. The molecule has 1 aliphatic rings. The number of thiol groups is 1. The summed E-state index contributed by atoms with van der Waals surface area (Å²) >= 11 is 4.02. The van der Waals surface area contributed by atoms with Crippen molar-refractivity contribution in [1.82, 2.24) is 0 Å². The predicted octanol–water partition coefficient (Wildman–Crippen LogP) is 1.74. The molecule has 0 amide bonds. The van der Waals surface area contributed by atoms with E-state index in [-0.39, 0.29) is 5.97 Å². The molecule has 5 heteroatoms. The van der Waals surface area contributed by atoms with Crippen LogP contribution < -0.4 is 0 Å². The Labute approximate surface area is 101 Å². The van der Waals surface area contributed by atoms with Gasteiger partial charge in [0, 0.05) is 0 Å². The first-order chi connectivity index (χ1) is 7.66. The van der Waals surface area contributed by atoms with Crippen LogP contribution in [-0.2, 0) is 14.3 Å². The van der Waals surface area contributed by atoms with Crippen LogP contribution in [0, 0.1) is 11.8 Å². The maximum atomic E-state index is 11.7. The lowest BCUT2D eigenvalue weighted by Gasteiger charge is -2.26. The second-order valence-electron chi connectivity index (χ2n) is 4.08. The van der Waals surface area contributed by atoms with Crippen LogP contribution in [-0.4, -0.2) is 29.4 Å². The predicted molar refractivity (Wildman–Crippen MR) is 62.5 cm³/mol. The average molecular weight is 246 g/mol. The molecule has 0 aromatic rings. The summed E-state index contributed by atoms with van der Waals surface area (Å²) in [4.78, 5) is 22.7. The number of esters is 1. The topological polar surface area (TPSA) is 63.6 Å². The Hall–Kier alpha value is -0.710. The zero-order valence-corrected chi connectivity index (χ0v) is 10.1. The smallest absolute Gasteiger partial charge is 0.309 e. The van der Waals surface area contributed by atoms with Crippen LogP contribution in [0.5, 0.6) is 0 Å². The first-order valence-corrected chi connectivity index (χ1v) is 6.30. The lowest BCUT2D eigenvalue weighted by atomic mass is 9.79. The van der Waals surface area contributed by atoms with Crippen molar-refractivity contribution >= 4 is 24.6 Å². The standard InChI is InChI=1S/C11H18O4S/c12-10(13)8-4-1-2-5-9(8)11(14)15-6-3-7-16/h8-9,16H,1-7H2,(H,12,13). The Morgan fingerprint density at radius 1 is 1.25 bits per heavy atom. The molecular formula is C11H18O4S. The van der Waals surface area contributed by atoms with Gasteiger partial charge in [-0.2, -0.15) is 12.6 Å². The summed E-state index contributed by atoms with van der Waals surface area (Å²) in [5, 5.41) is 9.01. The molecule has 92 valence electrons. The molecule has 1 N–H and O–H groups in total. The highest BCUT2D eigenvalue weighted by atomic mass is 32.1. The van der Waals surface area contributed by atoms with Crippen LogP contribution in [0.15, 0.2) is 0 Å². The molecule has 1 rings (SSSR count). The number of hydrogen-bond acceptors (Lipinski definition) is 4. The molecule has 1 saturated carbocycles. The number of carbonyl (C=O) groups excluding carboxylic acids is 1. The quantitative estimate of drug-likeness (QED) is 0.440. The molecule has 2 atom stereocenters. The van der Waals surface area contributed by atoms with Crippen LogP contribution >= 0.6 is 12.6 Å². The fourth-order valence-electron chi connectivity index (χ4n) is 2.05. The van der Waals surface area contributed by atoms with Gasteiger partial charge in [-0.1, -0.05) is 12.8 Å². The minimum absolute atomic E-state index is 0.338. The van der Waals surface area contributed by atoms with Crippen molar-refractivity contribution in [3.05, 3.63) is 0 Å². The third-order valence-electron chi connectivity index (χ3n) is 2.93. The van der Waals surface area contributed by atoms with Crippen LogP contribution in [0.1, 0.15) is 32.1 Å². The second-order valence-corrected chi connectivity index (χ2v) is 4.53. The Bertz CT molecular complexity index is 254. The van der Waals surface area contributed by atoms with Crippen molar-refractivity contribution in [3.8, 4) is 0 Å². The summed E-state index contributed by atoms with van der Waals surface area (Å²) in [5.74, 6) is -1.58. The SMILES string of the molecule is O=C(O)C1CCCCC1C(=O)OCCCS. The molecule has 0 radical (unpaired) electrons. The molecule has 0 aromatic carbocycles. The molecule has 1 fully saturated rings. The molecule has 0 aromatic heterocycles. The largest absolute Gasteiger partial charge is 0.481 e. The summed E-state index contributed by atoms with van der Waals surface area (Å²) in [5.41, 5.74) is 0. The number of carboxylic acid groups (broad SMARTS) is 1. The summed E-state index contributed by atoms with van der Waals surface area (Å²) in [7, 11) is 0. The summed E-state index contributed by atoms with van der Waals surface area (Å²) in [6.45, 7) is 0.338. The van der Waals surface area contributed by atoms with Gasteiger partial charge >= 0.3 is 11.9 Å². The van der Waals surface area contributed by atoms with E-state index in [1.165, 1.54) is 0 Å². The molecule has 0 aliphatic heterocycles. The number of aliphatic carboxylic acids is 1. The summed E-state index contributed by atoms with van der Waals surface area (Å²) in [6, 6.07) is 0. The third kappa shape index (κ3) is 3.70. The molecular weight excluding hydrogens is 228 g/mol. The van der Waals surface area contributed by atoms with Crippen molar-refractivity contribution in [3.63, 3.8) is 0 Å². The van der Waals surface area contributed by atoms with Gasteiger partial charge in [-0.05, 0) is 25.0 Å². The Morgan fingerprint density at radius 3 is 2.44 bits per heavy atom. The molecule has 0 spiro atoms. The van der Waals surface area contributed by atoms with Gasteiger partial charge in [0.15, 0.2) is 0 Å². The van der Waals surface area contributed by atoms with Gasteiger partial charge in [0.25, 0.3) is 0 Å². The first-order valence-electron chi connectivity index (χ1n) is 5.67. The normalized spacial score (nSPS) is 25.1. The maximum Gasteiger partial charge on any atom is 0.309 e. The van der Waals surface area contributed by atoms with E-state index in [0.717, 1.165) is 12.8 Å². The number of carboxylic acids is 1. The number of rotatable bonds is 5. The highest BCUT2D eigenvalue weighted by molar-refractivity contribution is 7.80. The van der Waals surface area contributed by atoms with Crippen molar-refractivity contribution in [1.29, 1.82) is 0 Å². The van der Waals surface area contributed by atoms with E-state index in [4.69, 9.17) is 9.84 Å². The molecule has 4 nitrogen and oxygen atoms in total. The zero-order valence-electron chi connectivity index (χ0n) is 9.22. The van der Waals surface area contributed by atoms with E-state index < -0.39 is 17.8 Å². The molecule has 0 saturated heterocycles. The van der Waals surface area contributed by atoms with E-state index in [0.29, 0.717) is 31.6 Å². The molecule has 1 aliphatic carbocycles. The van der Waals surface area contributed by atoms with E-state index in [2.05, 4.69) is 12.6 Å². The lowest BCUT2D eigenvalue weighted by molar-refractivity contribution is -0.159. The van der Waals surface area contributed by atoms with E-state index in [9.17, 15) is 9.59 Å². The molecule has 0 bridgehead atoms. The fourth-order valence-corrected chi connectivity index (χ4v) is 2.18. The van der Waals surface area contributed by atoms with Gasteiger partial charge < -0.3 is 9.84 Å². The monoisotopic (exact) mass is 246 g/mol. The van der Waals surface area contributed by atoms with Crippen molar-refractivity contribution < 1.29 is 19.4 Å². The number of hydrogen-bond donors (Lipinski definition) is 2. The molecule has 0 heterocycles. The Kier molecular flexibility index (Phi) is 5.66. The van der Waals surface area contributed by atoms with Crippen LogP contribution in [0.3, 0.4) is 0 Å². The maximum absolute atomic E-state index is 11.7. The zero-order chi connectivity index (χ0) is 12.0. The van der Waals surface area contributed by atoms with Crippen molar-refractivity contribution in [2.75, 3.05) is 12.4 Å². The Balaban J connectivity index is 2.47. The lowest BCUT2D eigenvalue weighted by Crippen LogP contribution is -2.34. The molecule has 16 heavy (non-hydrogen) atoms. The Morgan fingerprint density at radius 2 is 1.88 bits per heavy atom. The van der Waals surface area contributed by atoms with Crippen LogP contribution in [0.4, 0.5) is 0 Å². The summed E-state index contributed by atoms with van der Waals surface area (Å²) in [6.07, 6.45) is 3.73. The van der Waals surface area contributed by atoms with Gasteiger partial charge in [-0.3, -0.25) is 9.59 Å². The van der Waals surface area contributed by atoms with Gasteiger partial charge in [-0.25, -0.2) is 0 Å². The van der Waals surface area contributed by atoms with Crippen molar-refractivity contribution in [2.45, 2.75) is 32.1 Å². The highest BCUT2D eigenvalue weighted by Gasteiger charge is 2.36. The van der Waals surface area contributed by atoms with Gasteiger partial charge in [-0.15, -0.1) is 0 Å². The minimum Gasteiger partial charge on any atom is -0.481 e. The minimum atomic E-state index is -0.879.